The third kappa shape index (κ3) is 4.94. The van der Waals surface area contributed by atoms with Crippen LogP contribution in [0.3, 0.4) is 0 Å². The number of hydrogen-bond acceptors (Lipinski definition) is 6. The zero-order valence-corrected chi connectivity index (χ0v) is 19.9. The highest BCUT2D eigenvalue weighted by Gasteiger charge is 2.54. The molecule has 0 bridgehead atoms. The van der Waals surface area contributed by atoms with E-state index >= 15 is 0 Å². The smallest absolute Gasteiger partial charge is 0.278 e. The highest BCUT2D eigenvalue weighted by Crippen LogP contribution is 2.52. The Kier molecular flexibility index (Phi) is 7.35. The minimum Gasteiger partial charge on any atom is -0.489 e. The lowest BCUT2D eigenvalue weighted by Gasteiger charge is -2.47. The summed E-state index contributed by atoms with van der Waals surface area (Å²) in [7, 11) is 0. The Morgan fingerprint density at radius 3 is 2.71 bits per heavy atom. The van der Waals surface area contributed by atoms with Crippen LogP contribution in [-0.4, -0.2) is 73.1 Å². The fourth-order valence-corrected chi connectivity index (χ4v) is 4.74. The summed E-state index contributed by atoms with van der Waals surface area (Å²) in [4.78, 5) is 38.4. The molecule has 0 radical (unpaired) electrons. The topological polar surface area (TPSA) is 124 Å². The number of alkyl halides is 2. The highest BCUT2D eigenvalue weighted by atomic mass is 35.5. The molecule has 0 spiro atoms. The van der Waals surface area contributed by atoms with Crippen LogP contribution in [0.25, 0.3) is 0 Å². The van der Waals surface area contributed by atoms with Crippen LogP contribution in [0, 0.1) is 10.8 Å². The molecular formula is C22H28ClF2N5O4. The maximum Gasteiger partial charge on any atom is 0.278 e. The standard InChI is InChI=1S/C22H28ClF2N5O4/c1-12(22(10-26)8-16(23)18(22)34-11-21(3,24)25)30-9-15-14(20(30)33)4-5-28-17(15)19(32)29-7-6-27-13(2)31/h4-5,10,12,17,26,28H,6-9,11H2,1-3H3,(H,27,31)(H,29,32)/t12?,17?,22-/m0/s1. The maximum absolute atomic E-state index is 13.4. The molecule has 1 aliphatic carbocycles. The van der Waals surface area contributed by atoms with Gasteiger partial charge < -0.3 is 31.0 Å². The molecule has 3 atom stereocenters. The van der Waals surface area contributed by atoms with Gasteiger partial charge in [-0.1, -0.05) is 11.6 Å². The summed E-state index contributed by atoms with van der Waals surface area (Å²) in [5.41, 5.74) is -0.210. The van der Waals surface area contributed by atoms with Crippen molar-refractivity contribution in [3.05, 3.63) is 34.2 Å². The molecule has 12 heteroatoms. The average Bonchev–Trinajstić information content (AvgIpc) is 3.09. The number of dihydropyridines is 1. The molecule has 0 saturated carbocycles. The summed E-state index contributed by atoms with van der Waals surface area (Å²) in [5.74, 6) is -3.91. The predicted octanol–water partition coefficient (Wildman–Crippen LogP) is 1.41. The number of halogens is 3. The molecule has 2 aliphatic heterocycles. The fourth-order valence-electron chi connectivity index (χ4n) is 4.29. The van der Waals surface area contributed by atoms with Crippen LogP contribution in [0.15, 0.2) is 34.2 Å². The lowest BCUT2D eigenvalue weighted by Crippen LogP contribution is -2.54. The summed E-state index contributed by atoms with van der Waals surface area (Å²) >= 11 is 6.15. The molecule has 9 nitrogen and oxygen atoms in total. The van der Waals surface area contributed by atoms with Crippen LogP contribution in [0.2, 0.25) is 0 Å². The van der Waals surface area contributed by atoms with E-state index in [4.69, 9.17) is 21.7 Å². The van der Waals surface area contributed by atoms with E-state index in [0.717, 1.165) is 13.1 Å². The molecule has 0 aromatic carbocycles. The van der Waals surface area contributed by atoms with E-state index in [1.54, 1.807) is 13.0 Å². The molecule has 3 aliphatic rings. The van der Waals surface area contributed by atoms with Crippen LogP contribution >= 0.6 is 11.6 Å². The molecule has 0 aromatic rings. The number of hydrogen-bond donors (Lipinski definition) is 4. The van der Waals surface area contributed by atoms with Crippen molar-refractivity contribution < 1.29 is 27.9 Å². The quantitative estimate of drug-likeness (QED) is 0.267. The van der Waals surface area contributed by atoms with Gasteiger partial charge in [0.05, 0.1) is 10.4 Å². The normalized spacial score (nSPS) is 24.8. The maximum atomic E-state index is 13.4. The molecule has 4 N–H and O–H groups in total. The molecule has 2 heterocycles. The van der Waals surface area contributed by atoms with Gasteiger partial charge in [0.1, 0.15) is 11.8 Å². The Morgan fingerprint density at radius 1 is 1.44 bits per heavy atom. The molecule has 0 saturated heterocycles. The van der Waals surface area contributed by atoms with Gasteiger partial charge in [-0.05, 0) is 24.8 Å². The molecule has 3 amide bonds. The second-order valence-electron chi connectivity index (χ2n) is 8.71. The number of nitrogens with zero attached hydrogens (tertiary/aromatic N) is 1. The first-order valence-electron chi connectivity index (χ1n) is 10.8. The van der Waals surface area contributed by atoms with Gasteiger partial charge in [-0.25, -0.2) is 8.78 Å². The molecule has 2 unspecified atom stereocenters. The Bertz CT molecular complexity index is 990. The number of ether oxygens (including phenoxy) is 1. The second kappa shape index (κ2) is 9.73. The zero-order chi connectivity index (χ0) is 25.3. The van der Waals surface area contributed by atoms with Gasteiger partial charge in [-0.3, -0.25) is 14.4 Å². The van der Waals surface area contributed by atoms with Crippen molar-refractivity contribution in [3.63, 3.8) is 0 Å². The molecule has 186 valence electrons. The minimum atomic E-state index is -3.09. The van der Waals surface area contributed by atoms with Gasteiger partial charge in [0.25, 0.3) is 11.8 Å². The number of rotatable bonds is 10. The van der Waals surface area contributed by atoms with Gasteiger partial charge >= 0.3 is 0 Å². The third-order valence-corrected chi connectivity index (χ3v) is 6.46. The van der Waals surface area contributed by atoms with Gasteiger partial charge in [0.15, 0.2) is 6.61 Å². The first kappa shape index (κ1) is 25.7. The fraction of sp³-hybridized carbons (Fsp3) is 0.545. The van der Waals surface area contributed by atoms with Crippen molar-refractivity contribution in [2.45, 2.75) is 45.2 Å². The largest absolute Gasteiger partial charge is 0.489 e. The Balaban J connectivity index is 1.73. The van der Waals surface area contributed by atoms with E-state index in [1.165, 1.54) is 18.0 Å². The van der Waals surface area contributed by atoms with E-state index in [-0.39, 0.29) is 54.6 Å². The monoisotopic (exact) mass is 499 g/mol. The predicted molar refractivity (Wildman–Crippen MR) is 121 cm³/mol. The number of carbonyl (C=O) groups is 3. The lowest BCUT2D eigenvalue weighted by atomic mass is 9.68. The number of nitrogens with one attached hydrogen (secondary N) is 4. The van der Waals surface area contributed by atoms with Crippen LogP contribution in [0.4, 0.5) is 8.78 Å². The van der Waals surface area contributed by atoms with E-state index in [0.29, 0.717) is 11.1 Å². The zero-order valence-electron chi connectivity index (χ0n) is 19.1. The molecule has 34 heavy (non-hydrogen) atoms. The molecule has 0 fully saturated rings. The summed E-state index contributed by atoms with van der Waals surface area (Å²) in [6.07, 6.45) is 4.37. The first-order valence-corrected chi connectivity index (χ1v) is 11.2. The number of carbonyl (C=O) groups excluding carboxylic acids is 3. The number of allylic oxidation sites excluding steroid dienone is 1. The highest BCUT2D eigenvalue weighted by molar-refractivity contribution is 6.31. The van der Waals surface area contributed by atoms with Gasteiger partial charge in [-0.15, -0.1) is 0 Å². The first-order chi connectivity index (χ1) is 15.9. The Hall–Kier alpha value is -2.95. The van der Waals surface area contributed by atoms with Crippen molar-refractivity contribution in [2.24, 2.45) is 5.41 Å². The summed E-state index contributed by atoms with van der Waals surface area (Å²) in [5, 5.41) is 16.5. The Labute approximate surface area is 201 Å². The number of amides is 3. The van der Waals surface area contributed by atoms with E-state index < -0.39 is 30.0 Å². The van der Waals surface area contributed by atoms with Crippen molar-refractivity contribution in [3.8, 4) is 0 Å². The van der Waals surface area contributed by atoms with E-state index in [9.17, 15) is 23.2 Å². The molecule has 3 rings (SSSR count). The second-order valence-corrected chi connectivity index (χ2v) is 9.17. The summed E-state index contributed by atoms with van der Waals surface area (Å²) in [6, 6.07) is -1.42. The molecule has 0 aromatic heterocycles. The SMILES string of the molecule is CC(=O)NCCNC(=O)C1NC=CC2=C1CN(C(C)[C@@]1(C=N)CC(Cl)=C1OCC(C)(F)F)C2=O. The van der Waals surface area contributed by atoms with Crippen LogP contribution in [0.1, 0.15) is 27.2 Å². The van der Waals surface area contributed by atoms with Crippen LogP contribution in [0.5, 0.6) is 0 Å². The Morgan fingerprint density at radius 2 is 2.12 bits per heavy atom. The van der Waals surface area contributed by atoms with E-state index in [1.807, 2.05) is 0 Å². The minimum absolute atomic E-state index is 0.0665. The van der Waals surface area contributed by atoms with Crippen LogP contribution in [-0.2, 0) is 19.1 Å². The third-order valence-electron chi connectivity index (χ3n) is 6.16. The summed E-state index contributed by atoms with van der Waals surface area (Å²) in [6.45, 7) is 3.52. The molecular weight excluding hydrogens is 472 g/mol. The van der Waals surface area contributed by atoms with Gasteiger partial charge in [-0.2, -0.15) is 0 Å². The van der Waals surface area contributed by atoms with Crippen LogP contribution < -0.4 is 16.0 Å². The lowest BCUT2D eigenvalue weighted by molar-refractivity contribution is -0.129. The van der Waals surface area contributed by atoms with Crippen molar-refractivity contribution in [2.75, 3.05) is 26.2 Å². The van der Waals surface area contributed by atoms with Gasteiger partial charge in [0, 0.05) is 57.7 Å². The average molecular weight is 500 g/mol. The van der Waals surface area contributed by atoms with E-state index in [2.05, 4.69) is 16.0 Å². The van der Waals surface area contributed by atoms with Crippen molar-refractivity contribution in [1.29, 1.82) is 5.41 Å². The van der Waals surface area contributed by atoms with Crippen molar-refractivity contribution in [1.82, 2.24) is 20.9 Å². The van der Waals surface area contributed by atoms with Crippen molar-refractivity contribution >= 4 is 35.5 Å². The van der Waals surface area contributed by atoms with Gasteiger partial charge in [0.2, 0.25) is 11.8 Å². The summed E-state index contributed by atoms with van der Waals surface area (Å²) < 4.78 is 32.0.